The van der Waals surface area contributed by atoms with Gasteiger partial charge in [-0.25, -0.2) is 47.5 Å². The van der Waals surface area contributed by atoms with Gasteiger partial charge in [-0.15, -0.1) is 0 Å². The molecule has 51 heavy (non-hydrogen) atoms. The van der Waals surface area contributed by atoms with E-state index in [0.717, 1.165) is 21.0 Å². The molecule has 0 amide bonds. The smallest absolute Gasteiger partial charge is 0.188 e. The molecular weight excluding hydrogens is 815 g/mol. The summed E-state index contributed by atoms with van der Waals surface area (Å²) in [5.41, 5.74) is 3.65. The minimum atomic E-state index is -0.684. The highest BCUT2D eigenvalue weighted by Crippen LogP contribution is 2.33. The summed E-state index contributed by atoms with van der Waals surface area (Å²) in [6.45, 7) is 0. The molecule has 2 aromatic carbocycles. The summed E-state index contributed by atoms with van der Waals surface area (Å²) in [5.74, 6) is -2.55. The second-order valence-corrected chi connectivity index (χ2v) is 12.8. The molecule has 0 fully saturated rings. The number of hydrogen-bond donors (Lipinski definition) is 0. The molecule has 0 saturated heterocycles. The van der Waals surface area contributed by atoms with E-state index >= 15 is 0 Å². The van der Waals surface area contributed by atoms with Crippen molar-refractivity contribution >= 4 is 57.4 Å². The number of hydrogen-bond acceptors (Lipinski definition) is 10. The first-order valence-electron chi connectivity index (χ1n) is 14.7. The number of halogens is 5. The molecule has 256 valence electrons. The van der Waals surface area contributed by atoms with Crippen LogP contribution in [0, 0.1) is 27.0 Å². The number of fused-ring (bicyclic) bond motifs is 2. The second-order valence-electron chi connectivity index (χ2n) is 10.1. The Hall–Kier alpha value is -5.01. The molecule has 0 radical (unpaired) electrons. The quantitative estimate of drug-likeness (QED) is 0.0552. The number of benzene rings is 2. The van der Waals surface area contributed by atoms with Gasteiger partial charge in [-0.1, -0.05) is 23.5 Å². The molecule has 0 aliphatic rings. The lowest BCUT2D eigenvalue weighted by molar-refractivity contribution is 0.584. The van der Waals surface area contributed by atoms with Crippen molar-refractivity contribution in [3.05, 3.63) is 131 Å². The molecule has 17 heteroatoms. The molecule has 10 nitrogen and oxygen atoms in total. The summed E-state index contributed by atoms with van der Waals surface area (Å²) in [6.07, 6.45) is 18.7. The molecule has 6 aromatic heterocycles. The maximum absolute atomic E-state index is 14.4. The predicted octanol–water partition coefficient (Wildman–Crippen LogP) is 8.33. The van der Waals surface area contributed by atoms with Gasteiger partial charge < -0.3 is 4.40 Å². The van der Waals surface area contributed by atoms with Crippen LogP contribution in [-0.2, 0) is 0 Å². The van der Waals surface area contributed by atoms with Crippen LogP contribution >= 0.6 is 46.1 Å². The first kappa shape index (κ1) is 35.8. The van der Waals surface area contributed by atoms with Gasteiger partial charge in [0.05, 0.1) is 29.5 Å². The lowest BCUT2D eigenvalue weighted by atomic mass is 10.1. The van der Waals surface area contributed by atoms with Crippen LogP contribution in [0.15, 0.2) is 115 Å². The van der Waals surface area contributed by atoms with E-state index in [9.17, 15) is 17.6 Å². The Morgan fingerprint density at radius 1 is 0.627 bits per heavy atom. The van der Waals surface area contributed by atoms with Crippen molar-refractivity contribution in [2.75, 3.05) is 12.5 Å². The van der Waals surface area contributed by atoms with E-state index in [1.165, 1.54) is 36.0 Å². The monoisotopic (exact) mass is 838 g/mol. The summed E-state index contributed by atoms with van der Waals surface area (Å²) in [4.78, 5) is 33.5. The maximum Gasteiger partial charge on any atom is 0.188 e. The van der Waals surface area contributed by atoms with Gasteiger partial charge in [0.25, 0.3) is 0 Å². The number of aromatic nitrogens is 10. The van der Waals surface area contributed by atoms with Gasteiger partial charge in [0.15, 0.2) is 21.6 Å². The second kappa shape index (κ2) is 16.3. The van der Waals surface area contributed by atoms with Crippen molar-refractivity contribution in [3.63, 3.8) is 0 Å². The van der Waals surface area contributed by atoms with E-state index in [1.54, 1.807) is 82.4 Å². The molecule has 0 atom stereocenters. The number of rotatable bonds is 5. The summed E-state index contributed by atoms with van der Waals surface area (Å²) in [6, 6.07) is 10.5. The molecule has 6 heterocycles. The summed E-state index contributed by atoms with van der Waals surface area (Å²) >= 11 is 5.12. The minimum Gasteiger partial charge on any atom is -0.304 e. The van der Waals surface area contributed by atoms with Gasteiger partial charge in [-0.05, 0) is 71.5 Å². The number of thioether (sulfide) groups is 2. The average molecular weight is 839 g/mol. The highest BCUT2D eigenvalue weighted by Gasteiger charge is 2.20. The third-order valence-corrected chi connectivity index (χ3v) is 8.65. The van der Waals surface area contributed by atoms with Crippen LogP contribution in [0.5, 0.6) is 0 Å². The van der Waals surface area contributed by atoms with E-state index in [4.69, 9.17) is 0 Å². The zero-order valence-corrected chi connectivity index (χ0v) is 30.3. The topological polar surface area (TPSA) is 112 Å². The van der Waals surface area contributed by atoms with Crippen molar-refractivity contribution in [1.29, 1.82) is 0 Å². The van der Waals surface area contributed by atoms with E-state index in [2.05, 4.69) is 62.5 Å². The van der Waals surface area contributed by atoms with Gasteiger partial charge >= 0.3 is 0 Å². The van der Waals surface area contributed by atoms with E-state index < -0.39 is 23.3 Å². The molecule has 8 rings (SSSR count). The minimum absolute atomic E-state index is 0.199. The molecule has 0 saturated carbocycles. The molecule has 0 unspecified atom stereocenters. The highest BCUT2D eigenvalue weighted by molar-refractivity contribution is 14.1. The van der Waals surface area contributed by atoms with E-state index in [1.807, 2.05) is 18.6 Å². The van der Waals surface area contributed by atoms with Gasteiger partial charge in [-0.2, -0.15) is 0 Å². The molecule has 0 spiro atoms. The van der Waals surface area contributed by atoms with Crippen molar-refractivity contribution in [1.82, 2.24) is 48.7 Å². The summed E-state index contributed by atoms with van der Waals surface area (Å²) in [5, 5.41) is 1.42. The van der Waals surface area contributed by atoms with Crippen LogP contribution in [0.2, 0.25) is 0 Å². The molecule has 8 aromatic rings. The molecule has 0 aliphatic heterocycles. The van der Waals surface area contributed by atoms with E-state index in [-0.39, 0.29) is 11.1 Å². The van der Waals surface area contributed by atoms with Crippen LogP contribution in [-0.4, -0.2) is 61.2 Å². The first-order chi connectivity index (χ1) is 24.7. The van der Waals surface area contributed by atoms with Crippen LogP contribution in [0.1, 0.15) is 0 Å². The third-order valence-electron chi connectivity index (χ3n) is 6.93. The fraction of sp³-hybridized carbons (Fsp3) is 0.0588. The number of imidazole rings is 2. The Bertz CT molecular complexity index is 2430. The largest absolute Gasteiger partial charge is 0.304 e. The van der Waals surface area contributed by atoms with Crippen LogP contribution < -0.4 is 0 Å². The average Bonchev–Trinajstić information content (AvgIpc) is 3.74. The van der Waals surface area contributed by atoms with Crippen LogP contribution in [0.3, 0.4) is 0 Å². The van der Waals surface area contributed by atoms with Crippen molar-refractivity contribution in [2.45, 2.75) is 10.3 Å². The Balaban J connectivity index is 0.000000148. The van der Waals surface area contributed by atoms with Gasteiger partial charge in [0.1, 0.15) is 32.7 Å². The highest BCUT2D eigenvalue weighted by atomic mass is 127. The fourth-order valence-corrected chi connectivity index (χ4v) is 5.94. The normalized spacial score (nSPS) is 10.8. The number of nitrogens with zero attached hydrogens (tertiary/aromatic N) is 10. The Labute approximate surface area is 310 Å². The van der Waals surface area contributed by atoms with Crippen molar-refractivity contribution in [2.24, 2.45) is 0 Å². The first-order valence-corrected chi connectivity index (χ1v) is 18.2. The standard InChI is InChI=1S/C17H11F2N5S.C12H7F2N3.C5H5IN2S/c1-25-17-21-5-4-13(22-17)16-15(11-3-2-10(18)8-12(11)19)23-14-9-20-6-7-24(14)16;13-8-1-2-9(10(14)5-8)11-7-17-4-3-15-6-12(17)16-11;1-9-5-7-3-2-4(6)8-5/h2-9H,1H3;1-7H;2-3H,1H3. The van der Waals surface area contributed by atoms with Crippen LogP contribution in [0.25, 0.3) is 45.2 Å². The SMILES string of the molecule is CSc1nccc(-c2c(-c3ccc(F)cc3F)nc3cnccn23)n1.CSc1nccc(I)n1.Fc1ccc(-c2cn3ccncc3n2)c(F)c1. The van der Waals surface area contributed by atoms with Crippen molar-refractivity contribution < 1.29 is 17.6 Å². The molecule has 0 N–H and O–H groups in total. The predicted molar refractivity (Wildman–Crippen MR) is 196 cm³/mol. The zero-order valence-electron chi connectivity index (χ0n) is 26.5. The third kappa shape index (κ3) is 8.49. The lowest BCUT2D eigenvalue weighted by Gasteiger charge is -2.06. The van der Waals surface area contributed by atoms with Gasteiger partial charge in [-0.3, -0.25) is 14.4 Å². The molecule has 0 bridgehead atoms. The lowest BCUT2D eigenvalue weighted by Crippen LogP contribution is -1.96. The summed E-state index contributed by atoms with van der Waals surface area (Å²) in [7, 11) is 0. The Morgan fingerprint density at radius 3 is 1.88 bits per heavy atom. The zero-order chi connectivity index (χ0) is 35.9. The fourth-order valence-electron chi connectivity index (χ4n) is 4.68. The van der Waals surface area contributed by atoms with E-state index in [0.29, 0.717) is 39.2 Å². The summed E-state index contributed by atoms with van der Waals surface area (Å²) < 4.78 is 58.5. The van der Waals surface area contributed by atoms with Crippen LogP contribution in [0.4, 0.5) is 17.6 Å². The maximum atomic E-state index is 14.4. The molecule has 0 aliphatic carbocycles. The van der Waals surface area contributed by atoms with Gasteiger partial charge in [0, 0.05) is 66.6 Å². The Kier molecular flexibility index (Phi) is 11.5. The molecular formula is C34H23F4IN10S2. The Morgan fingerprint density at radius 2 is 1.25 bits per heavy atom. The van der Waals surface area contributed by atoms with Crippen molar-refractivity contribution in [3.8, 4) is 33.9 Å². The van der Waals surface area contributed by atoms with Gasteiger partial charge in [0.2, 0.25) is 0 Å².